The van der Waals surface area contributed by atoms with E-state index < -0.39 is 43.1 Å². The minimum absolute atomic E-state index is 0.0268. The van der Waals surface area contributed by atoms with Crippen LogP contribution in [-0.2, 0) is 10.4 Å². The van der Waals surface area contributed by atoms with Gasteiger partial charge in [0.2, 0.25) is 0 Å². The molecule has 0 spiro atoms. The van der Waals surface area contributed by atoms with Gasteiger partial charge in [0.1, 0.15) is 17.3 Å². The summed E-state index contributed by atoms with van der Waals surface area (Å²) in [6.07, 6.45) is 1.63. The van der Waals surface area contributed by atoms with Crippen molar-refractivity contribution in [3.05, 3.63) is 71.3 Å². The SMILES string of the molecule is [2H]C([2H])([2H])N1C(=O)c2cccc(OC(F)F)c2[C@H]2C[C@@H]1c1nc3ccc(-c4cnc5c(c4)NC(=O)[C@@]5(C)O)cc3n12. The molecule has 2 bridgehead atoms. The van der Waals surface area contributed by atoms with Crippen LogP contribution in [0.3, 0.4) is 0 Å². The topological polar surface area (TPSA) is 110 Å². The number of halogens is 2. The maximum atomic E-state index is 13.6. The fourth-order valence-corrected chi connectivity index (χ4v) is 5.75. The monoisotopic (exact) mass is 520 g/mol. The molecular formula is C27H21F2N5O4. The van der Waals surface area contributed by atoms with Crippen molar-refractivity contribution in [3.8, 4) is 16.9 Å². The molecule has 0 aliphatic carbocycles. The Kier molecular flexibility index (Phi) is 3.93. The first-order valence-corrected chi connectivity index (χ1v) is 11.8. The van der Waals surface area contributed by atoms with E-state index >= 15 is 0 Å². The quantitative estimate of drug-likeness (QED) is 0.423. The molecule has 2 N–H and O–H groups in total. The molecule has 11 heteroatoms. The molecule has 3 aliphatic rings. The molecule has 0 saturated heterocycles. The predicted molar refractivity (Wildman–Crippen MR) is 132 cm³/mol. The highest BCUT2D eigenvalue weighted by atomic mass is 19.3. The summed E-state index contributed by atoms with van der Waals surface area (Å²) in [5.41, 5.74) is 1.37. The minimum Gasteiger partial charge on any atom is -0.434 e. The van der Waals surface area contributed by atoms with Gasteiger partial charge in [0.15, 0.2) is 5.60 Å². The summed E-state index contributed by atoms with van der Waals surface area (Å²) in [7, 11) is 0. The average Bonchev–Trinajstić information content (AvgIpc) is 3.47. The molecule has 192 valence electrons. The molecule has 2 aromatic heterocycles. The van der Waals surface area contributed by atoms with Crippen LogP contribution in [0.1, 0.15) is 57.0 Å². The summed E-state index contributed by atoms with van der Waals surface area (Å²) >= 11 is 0. The van der Waals surface area contributed by atoms with Crippen LogP contribution >= 0.6 is 0 Å². The summed E-state index contributed by atoms with van der Waals surface area (Å²) in [6, 6.07) is 9.47. The normalized spacial score (nSPS) is 24.9. The number of anilines is 1. The average molecular weight is 521 g/mol. The first kappa shape index (κ1) is 19.7. The largest absolute Gasteiger partial charge is 0.434 e. The third-order valence-corrected chi connectivity index (χ3v) is 7.52. The molecule has 9 nitrogen and oxygen atoms in total. The van der Waals surface area contributed by atoms with Crippen LogP contribution in [0.25, 0.3) is 22.2 Å². The summed E-state index contributed by atoms with van der Waals surface area (Å²) < 4.78 is 57.8. The number of rotatable bonds is 3. The Balaban J connectivity index is 1.43. The van der Waals surface area contributed by atoms with E-state index in [1.54, 1.807) is 28.8 Å². The maximum Gasteiger partial charge on any atom is 0.387 e. The van der Waals surface area contributed by atoms with Crippen LogP contribution in [0.4, 0.5) is 14.5 Å². The number of benzene rings is 2. The van der Waals surface area contributed by atoms with Crippen molar-refractivity contribution in [3.63, 3.8) is 0 Å². The number of hydrogen-bond acceptors (Lipinski definition) is 6. The van der Waals surface area contributed by atoms with Crippen molar-refractivity contribution >= 4 is 28.5 Å². The molecule has 3 atom stereocenters. The van der Waals surface area contributed by atoms with Gasteiger partial charge in [0.25, 0.3) is 11.8 Å². The van der Waals surface area contributed by atoms with E-state index in [2.05, 4.69) is 15.3 Å². The molecule has 7 rings (SSSR count). The lowest BCUT2D eigenvalue weighted by molar-refractivity contribution is -0.132. The summed E-state index contributed by atoms with van der Waals surface area (Å²) in [4.78, 5) is 35.5. The number of nitrogens with one attached hydrogen (secondary N) is 1. The van der Waals surface area contributed by atoms with Gasteiger partial charge in [-0.05, 0) is 42.8 Å². The molecule has 4 aromatic rings. The number of nitrogens with zero attached hydrogens (tertiary/aromatic N) is 4. The zero-order chi connectivity index (χ0) is 29.0. The Morgan fingerprint density at radius 2 is 2.05 bits per heavy atom. The van der Waals surface area contributed by atoms with Crippen molar-refractivity contribution < 1.29 is 32.3 Å². The fraction of sp³-hybridized carbons (Fsp3) is 0.259. The fourth-order valence-electron chi connectivity index (χ4n) is 5.75. The van der Waals surface area contributed by atoms with E-state index in [9.17, 15) is 23.5 Å². The van der Waals surface area contributed by atoms with E-state index in [1.807, 2.05) is 0 Å². The lowest BCUT2D eigenvalue weighted by atomic mass is 9.97. The minimum atomic E-state index is -3.16. The Hall–Kier alpha value is -4.38. The Morgan fingerprint density at radius 3 is 2.84 bits per heavy atom. The van der Waals surface area contributed by atoms with E-state index in [0.29, 0.717) is 33.7 Å². The first-order valence-electron chi connectivity index (χ1n) is 13.3. The van der Waals surface area contributed by atoms with Gasteiger partial charge in [0.05, 0.1) is 28.8 Å². The van der Waals surface area contributed by atoms with Crippen LogP contribution in [0, 0.1) is 0 Å². The Morgan fingerprint density at radius 1 is 1.21 bits per heavy atom. The van der Waals surface area contributed by atoms with Crippen molar-refractivity contribution in [2.24, 2.45) is 0 Å². The lowest BCUT2D eigenvalue weighted by Crippen LogP contribution is -2.30. The smallest absolute Gasteiger partial charge is 0.387 e. The number of aliphatic hydroxyl groups is 1. The number of alkyl halides is 2. The number of imidazole rings is 1. The van der Waals surface area contributed by atoms with Gasteiger partial charge in [-0.3, -0.25) is 14.6 Å². The molecule has 38 heavy (non-hydrogen) atoms. The number of carbonyl (C=O) groups excluding carboxylic acids is 2. The zero-order valence-electron chi connectivity index (χ0n) is 22.8. The number of hydrogen-bond donors (Lipinski definition) is 2. The predicted octanol–water partition coefficient (Wildman–Crippen LogP) is 3.98. The van der Waals surface area contributed by atoms with Gasteiger partial charge in [-0.1, -0.05) is 12.1 Å². The third-order valence-electron chi connectivity index (χ3n) is 7.52. The van der Waals surface area contributed by atoms with Gasteiger partial charge >= 0.3 is 6.61 Å². The highest BCUT2D eigenvalue weighted by molar-refractivity contribution is 6.04. The van der Waals surface area contributed by atoms with Crippen LogP contribution in [0.5, 0.6) is 5.75 Å². The van der Waals surface area contributed by atoms with Crippen molar-refractivity contribution in [2.45, 2.75) is 37.6 Å². The third kappa shape index (κ3) is 2.99. The standard InChI is InChI=1S/C27H21F2N5O4/c1-27(37)22-16(32-25(27)36)8-13(11-30-22)12-6-7-15-17(9-12)34-18-10-19(23(34)31-15)33(2)24(35)14-4-3-5-20(21(14)18)38-26(28)29/h3-9,11,18-19,26,37H,10H2,1-2H3,(H,32,36)/t18-,19-,27+/m1/s1/i2D3. The van der Waals surface area contributed by atoms with E-state index in [0.717, 1.165) is 4.90 Å². The van der Waals surface area contributed by atoms with Crippen molar-refractivity contribution in [2.75, 3.05) is 12.3 Å². The molecule has 3 aliphatic heterocycles. The molecule has 5 heterocycles. The van der Waals surface area contributed by atoms with Gasteiger partial charge in [-0.15, -0.1) is 0 Å². The summed E-state index contributed by atoms with van der Waals surface area (Å²) in [5, 5.41) is 13.1. The molecule has 2 aromatic carbocycles. The van der Waals surface area contributed by atoms with E-state index in [-0.39, 0.29) is 29.0 Å². The number of pyridine rings is 1. The number of ether oxygens (including phenoxy) is 1. The van der Waals surface area contributed by atoms with Gasteiger partial charge in [0, 0.05) is 40.4 Å². The van der Waals surface area contributed by atoms with Crippen molar-refractivity contribution in [1.29, 1.82) is 0 Å². The summed E-state index contributed by atoms with van der Waals surface area (Å²) in [5.74, 6) is -1.29. The zero-order valence-corrected chi connectivity index (χ0v) is 19.8. The highest BCUT2D eigenvalue weighted by Gasteiger charge is 2.45. The number of carbonyl (C=O) groups is 2. The second kappa shape index (κ2) is 7.57. The number of fused-ring (bicyclic) bond motifs is 10. The van der Waals surface area contributed by atoms with Crippen LogP contribution in [0.15, 0.2) is 48.7 Å². The van der Waals surface area contributed by atoms with Gasteiger partial charge < -0.3 is 24.6 Å². The maximum absolute atomic E-state index is 13.6. The second-order valence-electron chi connectivity index (χ2n) is 9.73. The van der Waals surface area contributed by atoms with Crippen LogP contribution in [0.2, 0.25) is 0 Å². The van der Waals surface area contributed by atoms with Crippen LogP contribution in [-0.4, -0.2) is 49.9 Å². The molecule has 0 fully saturated rings. The highest BCUT2D eigenvalue weighted by Crippen LogP contribution is 2.50. The lowest BCUT2D eigenvalue weighted by Gasteiger charge is -2.24. The van der Waals surface area contributed by atoms with Gasteiger partial charge in [-0.25, -0.2) is 4.98 Å². The molecule has 0 unspecified atom stereocenters. The van der Waals surface area contributed by atoms with E-state index in [1.165, 1.54) is 31.3 Å². The molecular weight excluding hydrogens is 496 g/mol. The van der Waals surface area contributed by atoms with Crippen molar-refractivity contribution in [1.82, 2.24) is 19.4 Å². The molecule has 2 amide bonds. The second-order valence-corrected chi connectivity index (χ2v) is 9.73. The molecule has 0 radical (unpaired) electrons. The molecule has 0 saturated carbocycles. The Bertz CT molecular complexity index is 1810. The van der Waals surface area contributed by atoms with Crippen LogP contribution < -0.4 is 10.1 Å². The summed E-state index contributed by atoms with van der Waals surface area (Å²) in [6.45, 7) is -4.62. The van der Waals surface area contributed by atoms with Gasteiger partial charge in [-0.2, -0.15) is 8.78 Å². The number of aromatic nitrogens is 3. The first-order chi connectivity index (χ1) is 19.4. The van der Waals surface area contributed by atoms with E-state index in [4.69, 9.17) is 8.85 Å². The number of amides is 2. The Labute approximate surface area is 218 Å².